The Morgan fingerprint density at radius 1 is 1.56 bits per heavy atom. The molecular weight excluding hydrogens is 173 g/mol. The molecule has 0 aromatic rings. The fourth-order valence-electron chi connectivity index (χ4n) is 0.105. The van der Waals surface area contributed by atoms with E-state index in [1.165, 1.54) is 0 Å². The first kappa shape index (κ1) is 12.4. The molecule has 0 aromatic carbocycles. The van der Waals surface area contributed by atoms with Crippen LogP contribution in [0.15, 0.2) is 4.36 Å². The number of aliphatic carboxylic acids is 1. The van der Waals surface area contributed by atoms with E-state index in [-0.39, 0.29) is 51.4 Å². The van der Waals surface area contributed by atoms with E-state index in [4.69, 9.17) is 0 Å². The molecule has 0 fully saturated rings. The van der Waals surface area contributed by atoms with Crippen LogP contribution in [0.5, 0.6) is 0 Å². The van der Waals surface area contributed by atoms with Crippen LogP contribution in [0.25, 0.3) is 0 Å². The molecule has 0 saturated heterocycles. The van der Waals surface area contributed by atoms with Crippen molar-refractivity contribution < 1.29 is 69.7 Å². The Hall–Kier alpha value is 0.726. The van der Waals surface area contributed by atoms with Crippen LogP contribution in [0.2, 0.25) is 0 Å². The normalized spacial score (nSPS) is 7.11. The summed E-state index contributed by atoms with van der Waals surface area (Å²) in [6.07, 6.45) is 0. The van der Waals surface area contributed by atoms with Crippen molar-refractivity contribution in [1.82, 2.24) is 0 Å². The third-order valence-corrected chi connectivity index (χ3v) is 0.639. The Bertz CT molecular complexity index is 199. The van der Waals surface area contributed by atoms with Crippen molar-refractivity contribution in [3.05, 3.63) is 0 Å². The van der Waals surface area contributed by atoms with Gasteiger partial charge in [0.15, 0.2) is 0 Å². The zero-order valence-corrected chi connectivity index (χ0v) is 8.64. The van der Waals surface area contributed by atoms with Crippen molar-refractivity contribution in [2.24, 2.45) is 4.36 Å². The summed E-state index contributed by atoms with van der Waals surface area (Å²) in [4.78, 5) is 9.43. The van der Waals surface area contributed by atoms with Crippen LogP contribution in [-0.2, 0) is 15.3 Å². The molecule has 0 rings (SSSR count). The van der Waals surface area contributed by atoms with Crippen LogP contribution in [0.3, 0.4) is 0 Å². The standard InChI is InChI=1S/C2H3NO4S.K/c4-2(5)1-3-8(6)7;/h1H2,(H,4,5);/q;+1/p-1. The number of nitrogens with zero attached hydrogens (tertiary/aromatic N) is 1. The van der Waals surface area contributed by atoms with Gasteiger partial charge in [0.2, 0.25) is 0 Å². The first-order chi connectivity index (χ1) is 3.63. The van der Waals surface area contributed by atoms with Gasteiger partial charge in [0.25, 0.3) is 0 Å². The monoisotopic (exact) mass is 175 g/mol. The Morgan fingerprint density at radius 2 is 2.00 bits per heavy atom. The van der Waals surface area contributed by atoms with Crippen LogP contribution in [-0.4, -0.2) is 20.9 Å². The first-order valence-electron chi connectivity index (χ1n) is 1.59. The van der Waals surface area contributed by atoms with Gasteiger partial charge >= 0.3 is 61.9 Å². The van der Waals surface area contributed by atoms with Gasteiger partial charge in [0.1, 0.15) is 0 Å². The molecule has 0 unspecified atom stereocenters. The maximum atomic E-state index is 9.45. The molecule has 0 aromatic heterocycles. The summed E-state index contributed by atoms with van der Waals surface area (Å²) >= 11 is 0. The molecule has 0 saturated carbocycles. The van der Waals surface area contributed by atoms with Gasteiger partial charge in [-0.05, 0) is 0 Å². The smallest absolute Gasteiger partial charge is 0.548 e. The van der Waals surface area contributed by atoms with Gasteiger partial charge in [-0.15, -0.1) is 0 Å². The van der Waals surface area contributed by atoms with Crippen LogP contribution >= 0.6 is 0 Å². The predicted octanol–water partition coefficient (Wildman–Crippen LogP) is -5.20. The molecule has 0 aliphatic carbocycles. The van der Waals surface area contributed by atoms with Gasteiger partial charge < -0.3 is 9.90 Å². The molecular formula is C2H2KNO4S. The third kappa shape index (κ3) is 12.0. The van der Waals surface area contributed by atoms with Gasteiger partial charge in [0.05, 0.1) is 12.5 Å². The van der Waals surface area contributed by atoms with Crippen LogP contribution < -0.4 is 56.5 Å². The summed E-state index contributed by atoms with van der Waals surface area (Å²) in [5, 5.41) is 9.43. The Kier molecular flexibility index (Phi) is 9.43. The van der Waals surface area contributed by atoms with Crippen LogP contribution in [0.4, 0.5) is 0 Å². The van der Waals surface area contributed by atoms with Crippen molar-refractivity contribution in [1.29, 1.82) is 0 Å². The number of carboxylic acids is 1. The Balaban J connectivity index is 0. The topological polar surface area (TPSA) is 86.6 Å². The second kappa shape index (κ2) is 6.84. The molecule has 0 aliphatic heterocycles. The van der Waals surface area contributed by atoms with Gasteiger partial charge in [-0.2, -0.15) is 12.8 Å². The zero-order valence-electron chi connectivity index (χ0n) is 4.70. The van der Waals surface area contributed by atoms with E-state index in [9.17, 15) is 18.3 Å². The van der Waals surface area contributed by atoms with Gasteiger partial charge in [-0.3, -0.25) is 0 Å². The maximum Gasteiger partial charge on any atom is 1.00 e. The summed E-state index contributed by atoms with van der Waals surface area (Å²) in [7, 11) is -2.63. The number of carbonyl (C=O) groups is 1. The average Bonchev–Trinajstić information content (AvgIpc) is 1.61. The minimum atomic E-state index is -2.63. The minimum absolute atomic E-state index is 0. The van der Waals surface area contributed by atoms with Gasteiger partial charge in [-0.25, -0.2) is 0 Å². The number of rotatable bonds is 2. The van der Waals surface area contributed by atoms with E-state index in [0.717, 1.165) is 0 Å². The second-order valence-corrected chi connectivity index (χ2v) is 1.57. The molecule has 0 aliphatic rings. The molecule has 0 spiro atoms. The molecule has 5 nitrogen and oxygen atoms in total. The molecule has 0 bridgehead atoms. The fourth-order valence-corrected chi connectivity index (χ4v) is 0.316. The zero-order chi connectivity index (χ0) is 6.57. The molecule has 0 atom stereocenters. The molecule has 0 N–H and O–H groups in total. The first-order valence-corrected chi connectivity index (χ1v) is 2.63. The summed E-state index contributed by atoms with van der Waals surface area (Å²) in [5.74, 6) is -1.51. The molecule has 0 radical (unpaired) electrons. The van der Waals surface area contributed by atoms with Gasteiger partial charge in [0, 0.05) is 0 Å². The molecule has 9 heavy (non-hydrogen) atoms. The van der Waals surface area contributed by atoms with Crippen molar-refractivity contribution in [3.8, 4) is 0 Å². The minimum Gasteiger partial charge on any atom is -0.548 e. The van der Waals surface area contributed by atoms with Crippen molar-refractivity contribution in [2.45, 2.75) is 0 Å². The summed E-state index contributed by atoms with van der Waals surface area (Å²) in [6, 6.07) is 0. The molecule has 0 heterocycles. The largest absolute Gasteiger partial charge is 1.00 e. The van der Waals surface area contributed by atoms with E-state index >= 15 is 0 Å². The molecule has 46 valence electrons. The number of carbonyl (C=O) groups excluding carboxylic acids is 1. The number of hydrogen-bond acceptors (Lipinski definition) is 5. The Morgan fingerprint density at radius 3 is 2.11 bits per heavy atom. The second-order valence-electron chi connectivity index (χ2n) is 0.876. The third-order valence-electron chi connectivity index (χ3n) is 0.299. The number of carboxylic acid groups (broad SMARTS) is 1. The summed E-state index contributed by atoms with van der Waals surface area (Å²) in [5.41, 5.74) is 0. The van der Waals surface area contributed by atoms with Crippen molar-refractivity contribution in [2.75, 3.05) is 6.54 Å². The predicted molar refractivity (Wildman–Crippen MR) is 21.2 cm³/mol. The summed E-state index contributed by atoms with van der Waals surface area (Å²) < 4.78 is 21.5. The average molecular weight is 175 g/mol. The molecule has 7 heteroatoms. The molecule has 0 amide bonds. The van der Waals surface area contributed by atoms with E-state index in [2.05, 4.69) is 4.36 Å². The van der Waals surface area contributed by atoms with E-state index in [1.807, 2.05) is 0 Å². The Labute approximate surface area is 95.6 Å². The van der Waals surface area contributed by atoms with Gasteiger partial charge in [-0.1, -0.05) is 0 Å². The van der Waals surface area contributed by atoms with Crippen LogP contribution in [0, 0.1) is 0 Å². The fraction of sp³-hybridized carbons (Fsp3) is 0.500. The van der Waals surface area contributed by atoms with Crippen LogP contribution in [0.1, 0.15) is 0 Å². The van der Waals surface area contributed by atoms with Crippen molar-refractivity contribution in [3.63, 3.8) is 0 Å². The van der Waals surface area contributed by atoms with E-state index in [0.29, 0.717) is 0 Å². The number of hydrogen-bond donors (Lipinski definition) is 0. The maximum absolute atomic E-state index is 9.45. The van der Waals surface area contributed by atoms with Crippen molar-refractivity contribution >= 4 is 16.5 Å². The van der Waals surface area contributed by atoms with E-state index in [1.54, 1.807) is 0 Å². The summed E-state index contributed by atoms with van der Waals surface area (Å²) in [6.45, 7) is -0.796. The van der Waals surface area contributed by atoms with E-state index < -0.39 is 23.0 Å². The SMILES string of the molecule is O=C([O-])CN=S(=O)=O.[K+]. The quantitative estimate of drug-likeness (QED) is 0.392.